The van der Waals surface area contributed by atoms with Crippen LogP contribution in [0.5, 0.6) is 0 Å². The van der Waals surface area contributed by atoms with E-state index in [9.17, 15) is 5.11 Å². The minimum Gasteiger partial charge on any atom is -0.391 e. The topological polar surface area (TPSA) is 20.2 Å². The molecule has 150 valence electrons. The summed E-state index contributed by atoms with van der Waals surface area (Å²) in [6.07, 6.45) is 16.8. The molecule has 1 aromatic carbocycles. The molecule has 0 fully saturated rings. The summed E-state index contributed by atoms with van der Waals surface area (Å²) >= 11 is 0. The largest absolute Gasteiger partial charge is 0.391 e. The van der Waals surface area contributed by atoms with Gasteiger partial charge in [0.05, 0.1) is 20.2 Å². The molecule has 0 amide bonds. The van der Waals surface area contributed by atoms with Crippen molar-refractivity contribution in [2.45, 2.75) is 90.5 Å². The summed E-state index contributed by atoms with van der Waals surface area (Å²) in [5.74, 6) is 0. The Kier molecular flexibility index (Phi) is 13.6. The second-order valence-electron chi connectivity index (χ2n) is 8.32. The summed E-state index contributed by atoms with van der Waals surface area (Å²) in [4.78, 5) is 0. The van der Waals surface area contributed by atoms with E-state index < -0.39 is 0 Å². The predicted molar refractivity (Wildman–Crippen MR) is 114 cm³/mol. The molecule has 0 heterocycles. The predicted octanol–water partition coefficient (Wildman–Crippen LogP) is 6.33. The van der Waals surface area contributed by atoms with Gasteiger partial charge in [-0.3, -0.25) is 0 Å². The molecule has 0 aliphatic rings. The van der Waals surface area contributed by atoms with Gasteiger partial charge in [0.1, 0.15) is 13.1 Å². The summed E-state index contributed by atoms with van der Waals surface area (Å²) in [6.45, 7) is 5.62. The Balaban J connectivity index is 2.06. The molecule has 0 saturated carbocycles. The molecule has 26 heavy (non-hydrogen) atoms. The van der Waals surface area contributed by atoms with Gasteiger partial charge in [0.25, 0.3) is 0 Å². The van der Waals surface area contributed by atoms with Crippen molar-refractivity contribution in [3.05, 3.63) is 35.9 Å². The SMILES string of the molecule is CCCCCCCCCCCCCC[N+](C)(CCO)Cc1ccccc1. The molecule has 0 bridgehead atoms. The zero-order valence-electron chi connectivity index (χ0n) is 17.6. The monoisotopic (exact) mass is 362 g/mol. The molecule has 0 saturated heterocycles. The Hall–Kier alpha value is -0.860. The van der Waals surface area contributed by atoms with Crippen LogP contribution in [0.3, 0.4) is 0 Å². The van der Waals surface area contributed by atoms with Crippen LogP contribution in [0.4, 0.5) is 0 Å². The van der Waals surface area contributed by atoms with Gasteiger partial charge in [-0.15, -0.1) is 0 Å². The minimum atomic E-state index is 0.279. The van der Waals surface area contributed by atoms with Gasteiger partial charge < -0.3 is 9.59 Å². The second kappa shape index (κ2) is 15.2. The molecular formula is C24H44NO+. The van der Waals surface area contributed by atoms with E-state index in [2.05, 4.69) is 44.3 Å². The Morgan fingerprint density at radius 1 is 0.692 bits per heavy atom. The molecule has 1 unspecified atom stereocenters. The third-order valence-corrected chi connectivity index (χ3v) is 5.60. The van der Waals surface area contributed by atoms with E-state index in [1.54, 1.807) is 0 Å². The lowest BCUT2D eigenvalue weighted by molar-refractivity contribution is -0.923. The highest BCUT2D eigenvalue weighted by atomic mass is 16.3. The minimum absolute atomic E-state index is 0.279. The van der Waals surface area contributed by atoms with Crippen LogP contribution in [0.25, 0.3) is 0 Å². The fraction of sp³-hybridized carbons (Fsp3) is 0.750. The smallest absolute Gasteiger partial charge is 0.104 e. The van der Waals surface area contributed by atoms with E-state index in [-0.39, 0.29) is 6.61 Å². The van der Waals surface area contributed by atoms with Crippen LogP contribution in [0.2, 0.25) is 0 Å². The van der Waals surface area contributed by atoms with Gasteiger partial charge in [-0.25, -0.2) is 0 Å². The highest BCUT2D eigenvalue weighted by Crippen LogP contribution is 2.16. The van der Waals surface area contributed by atoms with Crippen LogP contribution < -0.4 is 0 Å². The quantitative estimate of drug-likeness (QED) is 0.254. The number of rotatable bonds is 17. The number of unbranched alkanes of at least 4 members (excludes halogenated alkanes) is 11. The van der Waals surface area contributed by atoms with Gasteiger partial charge >= 0.3 is 0 Å². The Morgan fingerprint density at radius 3 is 1.69 bits per heavy atom. The number of nitrogens with zero attached hydrogens (tertiary/aromatic N) is 1. The van der Waals surface area contributed by atoms with Crippen LogP contribution in [0.15, 0.2) is 30.3 Å². The number of aliphatic hydroxyl groups excluding tert-OH is 1. The van der Waals surface area contributed by atoms with E-state index in [4.69, 9.17) is 0 Å². The zero-order chi connectivity index (χ0) is 18.9. The first-order valence-corrected chi connectivity index (χ1v) is 11.2. The summed E-state index contributed by atoms with van der Waals surface area (Å²) in [6, 6.07) is 10.7. The number of quaternary nitrogens is 1. The van der Waals surface area contributed by atoms with Crippen molar-refractivity contribution >= 4 is 0 Å². The van der Waals surface area contributed by atoms with Crippen molar-refractivity contribution in [1.82, 2.24) is 0 Å². The maximum Gasteiger partial charge on any atom is 0.104 e. The molecule has 1 aromatic rings. The van der Waals surface area contributed by atoms with E-state index in [0.717, 1.165) is 17.6 Å². The van der Waals surface area contributed by atoms with Crippen molar-refractivity contribution in [3.8, 4) is 0 Å². The first-order chi connectivity index (χ1) is 12.7. The Labute approximate surface area is 163 Å². The zero-order valence-corrected chi connectivity index (χ0v) is 17.6. The van der Waals surface area contributed by atoms with Gasteiger partial charge in [0, 0.05) is 5.56 Å². The molecule has 0 radical (unpaired) electrons. The van der Waals surface area contributed by atoms with Crippen molar-refractivity contribution in [1.29, 1.82) is 0 Å². The maximum absolute atomic E-state index is 9.46. The molecule has 0 aliphatic heterocycles. The Bertz CT molecular complexity index is 419. The third kappa shape index (κ3) is 11.7. The number of hydrogen-bond donors (Lipinski definition) is 1. The number of aliphatic hydroxyl groups is 1. The molecule has 0 aromatic heterocycles. The van der Waals surface area contributed by atoms with Crippen molar-refractivity contribution in [2.75, 3.05) is 26.7 Å². The summed E-state index contributed by atoms with van der Waals surface area (Å²) in [7, 11) is 2.29. The average molecular weight is 363 g/mol. The lowest BCUT2D eigenvalue weighted by Crippen LogP contribution is -2.46. The van der Waals surface area contributed by atoms with Crippen LogP contribution in [0, 0.1) is 0 Å². The standard InChI is InChI=1S/C24H44NO/c1-3-4-5-6-7-8-9-10-11-12-13-17-20-25(2,21-22-26)23-24-18-15-14-16-19-24/h14-16,18-19,26H,3-13,17,20-23H2,1-2H3/q+1. The fourth-order valence-corrected chi connectivity index (χ4v) is 3.87. The van der Waals surface area contributed by atoms with Crippen LogP contribution in [0.1, 0.15) is 89.5 Å². The molecule has 1 atom stereocenters. The van der Waals surface area contributed by atoms with Crippen molar-refractivity contribution < 1.29 is 9.59 Å². The van der Waals surface area contributed by atoms with Gasteiger partial charge in [-0.2, -0.15) is 0 Å². The van der Waals surface area contributed by atoms with Gasteiger partial charge in [0.2, 0.25) is 0 Å². The summed E-state index contributed by atoms with van der Waals surface area (Å²) < 4.78 is 0.957. The van der Waals surface area contributed by atoms with E-state index in [1.165, 1.54) is 89.2 Å². The van der Waals surface area contributed by atoms with E-state index >= 15 is 0 Å². The van der Waals surface area contributed by atoms with Gasteiger partial charge in [-0.1, -0.05) is 101 Å². The maximum atomic E-state index is 9.46. The molecule has 1 N–H and O–H groups in total. The molecule has 2 heteroatoms. The second-order valence-corrected chi connectivity index (χ2v) is 8.32. The molecule has 1 rings (SSSR count). The summed E-state index contributed by atoms with van der Waals surface area (Å²) in [5.41, 5.74) is 1.38. The highest BCUT2D eigenvalue weighted by Gasteiger charge is 2.20. The van der Waals surface area contributed by atoms with Crippen LogP contribution >= 0.6 is 0 Å². The molecular weight excluding hydrogens is 318 g/mol. The number of likely N-dealkylation sites (N-methyl/N-ethyl adjacent to an activating group) is 1. The first-order valence-electron chi connectivity index (χ1n) is 11.2. The average Bonchev–Trinajstić information content (AvgIpc) is 2.63. The lowest BCUT2D eigenvalue weighted by atomic mass is 10.0. The fourth-order valence-electron chi connectivity index (χ4n) is 3.87. The first kappa shape index (κ1) is 23.2. The third-order valence-electron chi connectivity index (χ3n) is 5.60. The molecule has 0 aliphatic carbocycles. The molecule has 2 nitrogen and oxygen atoms in total. The normalized spacial score (nSPS) is 13.7. The number of hydrogen-bond acceptors (Lipinski definition) is 1. The van der Waals surface area contributed by atoms with Crippen LogP contribution in [-0.2, 0) is 6.54 Å². The van der Waals surface area contributed by atoms with E-state index in [0.29, 0.717) is 0 Å². The van der Waals surface area contributed by atoms with Crippen molar-refractivity contribution in [2.24, 2.45) is 0 Å². The number of benzene rings is 1. The Morgan fingerprint density at radius 2 is 1.19 bits per heavy atom. The highest BCUT2D eigenvalue weighted by molar-refractivity contribution is 5.13. The summed E-state index contributed by atoms with van der Waals surface area (Å²) in [5, 5.41) is 9.46. The lowest BCUT2D eigenvalue weighted by Gasteiger charge is -2.34. The molecule has 0 spiro atoms. The van der Waals surface area contributed by atoms with Gasteiger partial charge in [-0.05, 0) is 12.8 Å². The van der Waals surface area contributed by atoms with Crippen LogP contribution in [-0.4, -0.2) is 36.3 Å². The van der Waals surface area contributed by atoms with Gasteiger partial charge in [0.15, 0.2) is 0 Å². The van der Waals surface area contributed by atoms with E-state index in [1.807, 2.05) is 0 Å². The van der Waals surface area contributed by atoms with Crippen molar-refractivity contribution in [3.63, 3.8) is 0 Å².